The number of sulfonamides is 1. The number of carboxylic acid groups (broad SMARTS) is 1. The number of rotatable bonds is 7. The van der Waals surface area contributed by atoms with Crippen LogP contribution in [0.25, 0.3) is 0 Å². The lowest BCUT2D eigenvalue weighted by Crippen LogP contribution is -2.13. The van der Waals surface area contributed by atoms with E-state index in [1.165, 1.54) is 24.3 Å². The Labute approximate surface area is 157 Å². The molecule has 0 radical (unpaired) electrons. The molecule has 7 heteroatoms. The van der Waals surface area contributed by atoms with Crippen LogP contribution in [-0.4, -0.2) is 19.5 Å². The number of aromatic carboxylic acids is 1. The van der Waals surface area contributed by atoms with Crippen LogP contribution < -0.4 is 9.46 Å². The van der Waals surface area contributed by atoms with Crippen molar-refractivity contribution in [3.63, 3.8) is 0 Å². The largest absolute Gasteiger partial charge is 0.487 e. The van der Waals surface area contributed by atoms with Gasteiger partial charge in [0.25, 0.3) is 10.0 Å². The first-order valence-electron chi connectivity index (χ1n) is 8.08. The Balaban J connectivity index is 1.75. The zero-order valence-corrected chi connectivity index (χ0v) is 15.0. The highest BCUT2D eigenvalue weighted by molar-refractivity contribution is 7.92. The molecule has 0 aliphatic carbocycles. The van der Waals surface area contributed by atoms with Gasteiger partial charge >= 0.3 is 5.97 Å². The molecule has 0 saturated carbocycles. The van der Waals surface area contributed by atoms with Gasteiger partial charge in [-0.3, -0.25) is 4.72 Å². The van der Waals surface area contributed by atoms with Crippen LogP contribution in [0.1, 0.15) is 15.9 Å². The second-order valence-corrected chi connectivity index (χ2v) is 7.39. The lowest BCUT2D eigenvalue weighted by atomic mass is 10.1. The molecule has 138 valence electrons. The average molecular weight is 383 g/mol. The van der Waals surface area contributed by atoms with Crippen molar-refractivity contribution in [2.75, 3.05) is 4.72 Å². The minimum absolute atomic E-state index is 0.157. The molecule has 3 aromatic rings. The molecule has 0 atom stereocenters. The Hall–Kier alpha value is -3.32. The lowest BCUT2D eigenvalue weighted by molar-refractivity contribution is 0.0697. The molecule has 0 fully saturated rings. The molecule has 2 N–H and O–H groups in total. The van der Waals surface area contributed by atoms with Crippen LogP contribution in [0.15, 0.2) is 83.8 Å². The zero-order valence-electron chi connectivity index (χ0n) is 14.2. The van der Waals surface area contributed by atoms with Crippen LogP contribution in [0.5, 0.6) is 5.75 Å². The van der Waals surface area contributed by atoms with E-state index in [0.717, 1.165) is 5.56 Å². The number of hydrogen-bond acceptors (Lipinski definition) is 4. The minimum atomic E-state index is -3.73. The fourth-order valence-electron chi connectivity index (χ4n) is 2.38. The Morgan fingerprint density at radius 2 is 1.52 bits per heavy atom. The van der Waals surface area contributed by atoms with E-state index < -0.39 is 16.0 Å². The van der Waals surface area contributed by atoms with E-state index in [1.54, 1.807) is 54.6 Å². The molecule has 3 aromatic carbocycles. The van der Waals surface area contributed by atoms with E-state index in [1.807, 2.05) is 0 Å². The summed E-state index contributed by atoms with van der Waals surface area (Å²) in [6.45, 7) is 0.171. The lowest BCUT2D eigenvalue weighted by Gasteiger charge is -2.14. The maximum Gasteiger partial charge on any atom is 0.335 e. The van der Waals surface area contributed by atoms with Crippen molar-refractivity contribution >= 4 is 21.7 Å². The Morgan fingerprint density at radius 3 is 2.19 bits per heavy atom. The molecular formula is C20H17NO5S. The van der Waals surface area contributed by atoms with Gasteiger partial charge in [-0.25, -0.2) is 13.2 Å². The van der Waals surface area contributed by atoms with Crippen molar-refractivity contribution in [3.8, 4) is 5.75 Å². The number of anilines is 1. The van der Waals surface area contributed by atoms with Crippen molar-refractivity contribution in [1.82, 2.24) is 0 Å². The van der Waals surface area contributed by atoms with Gasteiger partial charge in [0, 0.05) is 0 Å². The first-order valence-corrected chi connectivity index (χ1v) is 9.56. The number of para-hydroxylation sites is 2. The second kappa shape index (κ2) is 7.92. The van der Waals surface area contributed by atoms with E-state index >= 15 is 0 Å². The molecule has 6 nitrogen and oxygen atoms in total. The van der Waals surface area contributed by atoms with Crippen molar-refractivity contribution in [2.24, 2.45) is 0 Å². The third-order valence-corrected chi connectivity index (χ3v) is 5.16. The maximum absolute atomic E-state index is 12.5. The van der Waals surface area contributed by atoms with E-state index in [-0.39, 0.29) is 17.1 Å². The molecule has 0 aliphatic rings. The van der Waals surface area contributed by atoms with E-state index in [0.29, 0.717) is 11.4 Å². The molecule has 0 unspecified atom stereocenters. The third kappa shape index (κ3) is 4.65. The SMILES string of the molecule is O=C(O)c1ccc(COc2ccccc2NS(=O)(=O)c2ccccc2)cc1. The van der Waals surface area contributed by atoms with Crippen LogP contribution in [0.4, 0.5) is 5.69 Å². The standard InChI is InChI=1S/C20H17NO5S/c22-20(23)16-12-10-15(11-13-16)14-26-19-9-5-4-8-18(19)21-27(24,25)17-6-2-1-3-7-17/h1-13,21H,14H2,(H,22,23). The number of carboxylic acids is 1. The Bertz CT molecular complexity index is 1030. The summed E-state index contributed by atoms with van der Waals surface area (Å²) in [5, 5.41) is 8.93. The second-order valence-electron chi connectivity index (χ2n) is 5.71. The monoisotopic (exact) mass is 383 g/mol. The average Bonchev–Trinajstić information content (AvgIpc) is 2.68. The van der Waals surface area contributed by atoms with E-state index in [9.17, 15) is 13.2 Å². The van der Waals surface area contributed by atoms with Gasteiger partial charge in [0.2, 0.25) is 0 Å². The van der Waals surface area contributed by atoms with Gasteiger partial charge in [-0.2, -0.15) is 0 Å². The zero-order chi connectivity index (χ0) is 19.3. The van der Waals surface area contributed by atoms with Gasteiger partial charge in [0.05, 0.1) is 16.1 Å². The van der Waals surface area contributed by atoms with Crippen molar-refractivity contribution in [1.29, 1.82) is 0 Å². The van der Waals surface area contributed by atoms with E-state index in [4.69, 9.17) is 9.84 Å². The number of nitrogens with one attached hydrogen (secondary N) is 1. The summed E-state index contributed by atoms with van der Waals surface area (Å²) in [5.41, 5.74) is 1.28. The fourth-order valence-corrected chi connectivity index (χ4v) is 3.48. The summed E-state index contributed by atoms with van der Waals surface area (Å²) in [4.78, 5) is 11.0. The Morgan fingerprint density at radius 1 is 0.889 bits per heavy atom. The van der Waals surface area contributed by atoms with Crippen LogP contribution in [-0.2, 0) is 16.6 Å². The number of carbonyl (C=O) groups is 1. The van der Waals surface area contributed by atoms with Crippen LogP contribution >= 0.6 is 0 Å². The fraction of sp³-hybridized carbons (Fsp3) is 0.0500. The van der Waals surface area contributed by atoms with Crippen molar-refractivity contribution < 1.29 is 23.1 Å². The third-order valence-electron chi connectivity index (χ3n) is 3.78. The van der Waals surface area contributed by atoms with Gasteiger partial charge in [0.1, 0.15) is 12.4 Å². The highest BCUT2D eigenvalue weighted by Gasteiger charge is 2.16. The summed E-state index contributed by atoms with van der Waals surface area (Å²) < 4.78 is 33.3. The van der Waals surface area contributed by atoms with Gasteiger partial charge in [-0.1, -0.05) is 42.5 Å². The van der Waals surface area contributed by atoms with Gasteiger partial charge in [-0.05, 0) is 42.0 Å². The smallest absolute Gasteiger partial charge is 0.335 e. The molecule has 3 rings (SSSR count). The van der Waals surface area contributed by atoms with Crippen LogP contribution in [0.2, 0.25) is 0 Å². The highest BCUT2D eigenvalue weighted by Crippen LogP contribution is 2.27. The maximum atomic E-state index is 12.5. The molecular weight excluding hydrogens is 366 g/mol. The van der Waals surface area contributed by atoms with Gasteiger partial charge in [0.15, 0.2) is 0 Å². The minimum Gasteiger partial charge on any atom is -0.487 e. The summed E-state index contributed by atoms with van der Waals surface area (Å²) in [7, 11) is -3.73. The predicted octanol–water partition coefficient (Wildman–Crippen LogP) is 3.76. The molecule has 27 heavy (non-hydrogen) atoms. The number of hydrogen-bond donors (Lipinski definition) is 2. The summed E-state index contributed by atoms with van der Waals surface area (Å²) in [5.74, 6) is -0.623. The normalized spacial score (nSPS) is 11.0. The highest BCUT2D eigenvalue weighted by atomic mass is 32.2. The van der Waals surface area contributed by atoms with Gasteiger partial charge < -0.3 is 9.84 Å². The molecule has 0 saturated heterocycles. The quantitative estimate of drug-likeness (QED) is 0.648. The first-order chi connectivity index (χ1) is 13.0. The topological polar surface area (TPSA) is 92.7 Å². The van der Waals surface area contributed by atoms with Crippen LogP contribution in [0, 0.1) is 0 Å². The Kier molecular flexibility index (Phi) is 5.42. The van der Waals surface area contributed by atoms with Crippen molar-refractivity contribution in [3.05, 3.63) is 90.0 Å². The molecule has 0 amide bonds. The summed E-state index contributed by atoms with van der Waals surface area (Å²) in [6, 6.07) is 21.1. The van der Waals surface area contributed by atoms with Crippen molar-refractivity contribution in [2.45, 2.75) is 11.5 Å². The molecule has 0 heterocycles. The summed E-state index contributed by atoms with van der Waals surface area (Å²) in [6.07, 6.45) is 0. The molecule has 0 aromatic heterocycles. The van der Waals surface area contributed by atoms with E-state index in [2.05, 4.69) is 4.72 Å². The molecule has 0 spiro atoms. The first kappa shape index (κ1) is 18.5. The number of benzene rings is 3. The predicted molar refractivity (Wildman–Crippen MR) is 101 cm³/mol. The van der Waals surface area contributed by atoms with Crippen LogP contribution in [0.3, 0.4) is 0 Å². The van der Waals surface area contributed by atoms with Gasteiger partial charge in [-0.15, -0.1) is 0 Å². The number of ether oxygens (including phenoxy) is 1. The molecule has 0 bridgehead atoms. The molecule has 0 aliphatic heterocycles. The summed E-state index contributed by atoms with van der Waals surface area (Å²) >= 11 is 0.